The van der Waals surface area contributed by atoms with Crippen LogP contribution in [0.1, 0.15) is 28.7 Å². The van der Waals surface area contributed by atoms with Gasteiger partial charge in [-0.3, -0.25) is 9.69 Å². The van der Waals surface area contributed by atoms with Crippen molar-refractivity contribution in [3.63, 3.8) is 0 Å². The molecule has 3 N–H and O–H groups in total. The molecule has 2 aliphatic rings. The van der Waals surface area contributed by atoms with Crippen LogP contribution in [-0.2, 0) is 4.79 Å². The molecule has 4 rings (SSSR count). The number of primary amides is 1. The number of hydrogen-bond acceptors (Lipinski definition) is 3. The molecule has 0 aromatic heterocycles. The zero-order chi connectivity index (χ0) is 19.2. The van der Waals surface area contributed by atoms with Gasteiger partial charge >= 0.3 is 0 Å². The number of nitrogens with two attached hydrogens (primary N) is 1. The fourth-order valence-electron chi connectivity index (χ4n) is 4.59. The third-order valence-corrected chi connectivity index (χ3v) is 5.65. The molecule has 1 amide bonds. The number of amides is 1. The van der Waals surface area contributed by atoms with Gasteiger partial charge in [-0.15, -0.1) is 0 Å². The zero-order valence-corrected chi connectivity index (χ0v) is 14.3. The number of nitrogens with zero attached hydrogens (tertiary/aromatic N) is 2. The molecule has 2 aromatic carbocycles. The largest absolute Gasteiger partial charge is 0.364 e. The van der Waals surface area contributed by atoms with E-state index in [0.29, 0.717) is 4.90 Å². The smallest absolute Gasteiger partial charge is 0.276 e. The van der Waals surface area contributed by atoms with Gasteiger partial charge in [-0.1, -0.05) is 42.5 Å². The normalized spacial score (nSPS) is 27.1. The average molecular weight is 359 g/mol. The second kappa shape index (κ2) is 6.05. The fraction of sp³-hybridized carbons (Fsp3) is 0.190. The van der Waals surface area contributed by atoms with Crippen LogP contribution >= 0.6 is 0 Å². The standard InChI is InChI=1S/C21H15FN4O/c22-16-8-4-3-7-15(16)17-18(20(25)27)26-10-9-13-5-1-2-6-14(13)19(26)21(17,11-23)12-24/h1-10,17-19H,(H2,25,27)/p+1/t17-,18+,19+/m1/s1. The Hall–Kier alpha value is -3.48. The average Bonchev–Trinajstić information content (AvgIpc) is 2.99. The Morgan fingerprint density at radius 2 is 1.70 bits per heavy atom. The predicted octanol–water partition coefficient (Wildman–Crippen LogP) is 1.42. The number of quaternary nitrogens is 1. The van der Waals surface area contributed by atoms with E-state index in [0.717, 1.165) is 11.1 Å². The van der Waals surface area contributed by atoms with Crippen molar-refractivity contribution in [2.45, 2.75) is 18.0 Å². The van der Waals surface area contributed by atoms with Crippen molar-refractivity contribution in [1.29, 1.82) is 10.5 Å². The molecule has 1 unspecified atom stereocenters. The SMILES string of the molecule is N#CC1(C#N)[C@H](c2ccccc2F)[C@@H](C(N)=O)[NH+]2C=Cc3ccccc3[C@H]21. The number of fused-ring (bicyclic) bond motifs is 3. The molecule has 2 heterocycles. The summed E-state index contributed by atoms with van der Waals surface area (Å²) in [6.45, 7) is 0. The number of nitriles is 2. The lowest BCUT2D eigenvalue weighted by atomic mass is 9.68. The molecule has 2 aromatic rings. The topological polar surface area (TPSA) is 95.1 Å². The van der Waals surface area contributed by atoms with Crippen LogP contribution in [0.2, 0.25) is 0 Å². The molecular formula is C21H16FN4O+. The Balaban J connectivity index is 2.04. The van der Waals surface area contributed by atoms with Crippen molar-refractivity contribution < 1.29 is 14.1 Å². The molecular weight excluding hydrogens is 343 g/mol. The highest BCUT2D eigenvalue weighted by Gasteiger charge is 2.68. The van der Waals surface area contributed by atoms with Gasteiger partial charge in [-0.05, 0) is 17.7 Å². The molecule has 0 spiro atoms. The molecule has 2 aliphatic heterocycles. The van der Waals surface area contributed by atoms with Crippen molar-refractivity contribution in [2.24, 2.45) is 11.1 Å². The van der Waals surface area contributed by atoms with E-state index in [4.69, 9.17) is 5.73 Å². The quantitative estimate of drug-likeness (QED) is 0.849. The van der Waals surface area contributed by atoms with E-state index in [9.17, 15) is 19.7 Å². The van der Waals surface area contributed by atoms with Crippen molar-refractivity contribution >= 4 is 12.0 Å². The summed E-state index contributed by atoms with van der Waals surface area (Å²) in [7, 11) is 0. The van der Waals surface area contributed by atoms with Gasteiger partial charge in [0.1, 0.15) is 5.82 Å². The molecule has 1 saturated heterocycles. The Labute approximate surface area is 155 Å². The maximum Gasteiger partial charge on any atom is 0.276 e. The number of halogens is 1. The van der Waals surface area contributed by atoms with E-state index in [-0.39, 0.29) is 5.56 Å². The summed E-state index contributed by atoms with van der Waals surface area (Å²) in [5.41, 5.74) is 5.88. The molecule has 1 fully saturated rings. The minimum atomic E-state index is -1.64. The first-order valence-electron chi connectivity index (χ1n) is 8.55. The molecule has 27 heavy (non-hydrogen) atoms. The number of rotatable bonds is 2. The first-order chi connectivity index (χ1) is 13.0. The number of hydrogen-bond donors (Lipinski definition) is 2. The lowest BCUT2D eigenvalue weighted by Gasteiger charge is -2.29. The number of benzene rings is 2. The minimum absolute atomic E-state index is 0.164. The van der Waals surface area contributed by atoms with Gasteiger partial charge in [-0.25, -0.2) is 4.39 Å². The minimum Gasteiger partial charge on any atom is -0.364 e. The lowest BCUT2D eigenvalue weighted by molar-refractivity contribution is -0.885. The maximum atomic E-state index is 14.7. The number of carbonyl (C=O) groups excluding carboxylic acids is 1. The second-order valence-corrected chi connectivity index (χ2v) is 6.87. The fourth-order valence-corrected chi connectivity index (χ4v) is 4.59. The van der Waals surface area contributed by atoms with Gasteiger partial charge in [0.05, 0.1) is 24.3 Å². The molecule has 132 valence electrons. The van der Waals surface area contributed by atoms with Crippen LogP contribution in [0.5, 0.6) is 0 Å². The molecule has 6 heteroatoms. The summed E-state index contributed by atoms with van der Waals surface area (Å²) in [6, 6.07) is 16.1. The maximum absolute atomic E-state index is 14.7. The Kier molecular flexibility index (Phi) is 3.80. The van der Waals surface area contributed by atoms with Crippen molar-refractivity contribution in [3.05, 3.63) is 77.2 Å². The van der Waals surface area contributed by atoms with Gasteiger partial charge < -0.3 is 5.73 Å². The van der Waals surface area contributed by atoms with E-state index in [1.165, 1.54) is 18.2 Å². The van der Waals surface area contributed by atoms with Gasteiger partial charge in [0.25, 0.3) is 5.91 Å². The molecule has 0 saturated carbocycles. The molecule has 5 nitrogen and oxygen atoms in total. The highest BCUT2D eigenvalue weighted by Crippen LogP contribution is 2.51. The highest BCUT2D eigenvalue weighted by molar-refractivity contribution is 5.81. The molecule has 0 radical (unpaired) electrons. The summed E-state index contributed by atoms with van der Waals surface area (Å²) in [4.78, 5) is 13.0. The van der Waals surface area contributed by atoms with Crippen LogP contribution in [-0.4, -0.2) is 11.9 Å². The molecule has 0 aliphatic carbocycles. The Morgan fingerprint density at radius 3 is 2.33 bits per heavy atom. The van der Waals surface area contributed by atoms with E-state index in [2.05, 4.69) is 12.1 Å². The summed E-state index contributed by atoms with van der Waals surface area (Å²) in [6.07, 6.45) is 3.60. The third kappa shape index (κ3) is 2.21. The first kappa shape index (κ1) is 17.0. The molecule has 0 bridgehead atoms. The van der Waals surface area contributed by atoms with E-state index >= 15 is 0 Å². The number of carbonyl (C=O) groups is 1. The molecule has 4 atom stereocenters. The lowest BCUT2D eigenvalue weighted by Crippen LogP contribution is -3.12. The Morgan fingerprint density at radius 1 is 1.07 bits per heavy atom. The van der Waals surface area contributed by atoms with Crippen molar-refractivity contribution in [3.8, 4) is 12.1 Å². The van der Waals surface area contributed by atoms with Crippen molar-refractivity contribution in [1.82, 2.24) is 0 Å². The Bertz CT molecular complexity index is 1030. The van der Waals surface area contributed by atoms with E-state index in [1.54, 1.807) is 12.3 Å². The second-order valence-electron chi connectivity index (χ2n) is 6.87. The first-order valence-corrected chi connectivity index (χ1v) is 8.55. The number of nitrogens with one attached hydrogen (secondary N) is 1. The van der Waals surface area contributed by atoms with E-state index in [1.807, 2.05) is 30.3 Å². The van der Waals surface area contributed by atoms with Crippen LogP contribution in [0.3, 0.4) is 0 Å². The van der Waals surface area contributed by atoms with E-state index < -0.39 is 35.1 Å². The summed E-state index contributed by atoms with van der Waals surface area (Å²) < 4.78 is 14.7. The van der Waals surface area contributed by atoms with Crippen molar-refractivity contribution in [2.75, 3.05) is 0 Å². The van der Waals surface area contributed by atoms with Gasteiger partial charge in [-0.2, -0.15) is 10.5 Å². The summed E-state index contributed by atoms with van der Waals surface area (Å²) in [5, 5.41) is 20.2. The monoisotopic (exact) mass is 359 g/mol. The van der Waals surface area contributed by atoms with Crippen LogP contribution < -0.4 is 10.6 Å². The van der Waals surface area contributed by atoms with Crippen LogP contribution in [0, 0.1) is 33.9 Å². The van der Waals surface area contributed by atoms with Crippen LogP contribution in [0.25, 0.3) is 6.08 Å². The van der Waals surface area contributed by atoms with Crippen LogP contribution in [0.15, 0.2) is 54.7 Å². The predicted molar refractivity (Wildman–Crippen MR) is 95.0 cm³/mol. The van der Waals surface area contributed by atoms with Gasteiger partial charge in [0.15, 0.2) is 12.1 Å². The van der Waals surface area contributed by atoms with Gasteiger partial charge in [0, 0.05) is 11.1 Å². The summed E-state index contributed by atoms with van der Waals surface area (Å²) in [5.74, 6) is -2.21. The zero-order valence-electron chi connectivity index (χ0n) is 14.3. The highest BCUT2D eigenvalue weighted by atomic mass is 19.1. The van der Waals surface area contributed by atoms with Gasteiger partial charge in [0.2, 0.25) is 5.41 Å². The van der Waals surface area contributed by atoms with Crippen LogP contribution in [0.4, 0.5) is 4.39 Å². The summed E-state index contributed by atoms with van der Waals surface area (Å²) >= 11 is 0. The third-order valence-electron chi connectivity index (χ3n) is 5.65.